The molecule has 0 aromatic heterocycles. The number of hydrogen-bond donors (Lipinski definition) is 1. The van der Waals surface area contributed by atoms with E-state index in [-0.39, 0.29) is 10.8 Å². The first-order chi connectivity index (χ1) is 12.4. The Labute approximate surface area is 155 Å². The molecule has 0 saturated carbocycles. The topological polar surface area (TPSA) is 66.5 Å². The van der Waals surface area contributed by atoms with Crippen LogP contribution in [-0.2, 0) is 14.8 Å². The van der Waals surface area contributed by atoms with Crippen molar-refractivity contribution in [3.8, 4) is 0 Å². The highest BCUT2D eigenvalue weighted by atomic mass is 32.2. The summed E-state index contributed by atoms with van der Waals surface area (Å²) in [7, 11) is -3.64. The van der Waals surface area contributed by atoms with Crippen LogP contribution < -0.4 is 9.62 Å². The zero-order chi connectivity index (χ0) is 18.7. The number of carbonyl (C=O) groups is 1. The first-order valence-corrected chi connectivity index (χ1v) is 10.4. The maximum atomic E-state index is 12.6. The first kappa shape index (κ1) is 18.5. The predicted octanol–water partition coefficient (Wildman–Crippen LogP) is 4.13. The Morgan fingerprint density at radius 1 is 1.08 bits per heavy atom. The average Bonchev–Trinajstić information content (AvgIpc) is 3.07. The summed E-state index contributed by atoms with van der Waals surface area (Å²) >= 11 is 0. The Morgan fingerprint density at radius 3 is 2.27 bits per heavy atom. The van der Waals surface area contributed by atoms with E-state index in [0.717, 1.165) is 24.1 Å². The third kappa shape index (κ3) is 3.90. The maximum Gasteiger partial charge on any atom is 0.261 e. The summed E-state index contributed by atoms with van der Waals surface area (Å²) in [6.45, 7) is 4.94. The highest BCUT2D eigenvalue weighted by Gasteiger charge is 2.21. The van der Waals surface area contributed by atoms with Gasteiger partial charge in [-0.3, -0.25) is 9.52 Å². The van der Waals surface area contributed by atoms with E-state index in [2.05, 4.69) is 18.6 Å². The van der Waals surface area contributed by atoms with E-state index in [0.29, 0.717) is 24.6 Å². The molecule has 0 aliphatic carbocycles. The molecule has 0 bridgehead atoms. The molecule has 1 amide bonds. The number of hydrogen-bond acceptors (Lipinski definition) is 3. The van der Waals surface area contributed by atoms with Crippen molar-refractivity contribution in [1.82, 2.24) is 0 Å². The second-order valence-corrected chi connectivity index (χ2v) is 8.36. The molecule has 1 fully saturated rings. The van der Waals surface area contributed by atoms with Crippen LogP contribution in [0.5, 0.6) is 0 Å². The van der Waals surface area contributed by atoms with Crippen LogP contribution in [0.3, 0.4) is 0 Å². The fraction of sp³-hybridized carbons (Fsp3) is 0.350. The number of carbonyl (C=O) groups excluding carboxylic acids is 1. The van der Waals surface area contributed by atoms with Crippen molar-refractivity contribution in [2.24, 2.45) is 0 Å². The van der Waals surface area contributed by atoms with Gasteiger partial charge in [-0.05, 0) is 60.7 Å². The third-order valence-electron chi connectivity index (χ3n) is 4.88. The highest BCUT2D eigenvalue weighted by molar-refractivity contribution is 7.92. The molecular formula is C20H24N2O3S. The van der Waals surface area contributed by atoms with Crippen LogP contribution in [0.15, 0.2) is 53.4 Å². The molecule has 0 radical (unpaired) electrons. The molecule has 2 aromatic rings. The number of benzene rings is 2. The summed E-state index contributed by atoms with van der Waals surface area (Å²) in [4.78, 5) is 13.8. The van der Waals surface area contributed by atoms with Crippen LogP contribution >= 0.6 is 0 Å². The second-order valence-electron chi connectivity index (χ2n) is 6.68. The second kappa shape index (κ2) is 7.50. The minimum Gasteiger partial charge on any atom is -0.312 e. The largest absolute Gasteiger partial charge is 0.312 e. The third-order valence-corrected chi connectivity index (χ3v) is 6.27. The van der Waals surface area contributed by atoms with Crippen LogP contribution in [0.1, 0.15) is 44.6 Å². The van der Waals surface area contributed by atoms with E-state index in [1.807, 2.05) is 12.1 Å². The SMILES string of the molecule is CCC(C)c1ccc(S(=O)(=O)Nc2ccc(N3CCCC3=O)cc2)cc1. The minimum absolute atomic E-state index is 0.111. The fourth-order valence-electron chi connectivity index (χ4n) is 3.06. The van der Waals surface area contributed by atoms with Crippen LogP contribution in [-0.4, -0.2) is 20.9 Å². The van der Waals surface area contributed by atoms with Gasteiger partial charge in [0, 0.05) is 24.3 Å². The van der Waals surface area contributed by atoms with Gasteiger partial charge >= 0.3 is 0 Å². The van der Waals surface area contributed by atoms with Gasteiger partial charge in [-0.2, -0.15) is 0 Å². The lowest BCUT2D eigenvalue weighted by atomic mass is 9.99. The van der Waals surface area contributed by atoms with Crippen LogP contribution in [0.2, 0.25) is 0 Å². The lowest BCUT2D eigenvalue weighted by Gasteiger charge is -2.16. The van der Waals surface area contributed by atoms with Gasteiger partial charge in [-0.1, -0.05) is 26.0 Å². The van der Waals surface area contributed by atoms with Gasteiger partial charge in [0.15, 0.2) is 0 Å². The normalized spacial score (nSPS) is 15.9. The summed E-state index contributed by atoms with van der Waals surface area (Å²) in [5.41, 5.74) is 2.41. The minimum atomic E-state index is -3.64. The molecule has 1 saturated heterocycles. The van der Waals surface area contributed by atoms with Gasteiger partial charge in [-0.15, -0.1) is 0 Å². The number of sulfonamides is 1. The first-order valence-electron chi connectivity index (χ1n) is 8.94. The summed E-state index contributed by atoms with van der Waals surface area (Å²) in [6, 6.07) is 13.9. The molecule has 1 unspecified atom stereocenters. The van der Waals surface area contributed by atoms with E-state index in [4.69, 9.17) is 0 Å². The molecule has 0 spiro atoms. The van der Waals surface area contributed by atoms with Crippen LogP contribution in [0.4, 0.5) is 11.4 Å². The molecule has 1 heterocycles. The molecule has 1 N–H and O–H groups in total. The molecule has 5 nitrogen and oxygen atoms in total. The summed E-state index contributed by atoms with van der Waals surface area (Å²) in [5, 5.41) is 0. The summed E-state index contributed by atoms with van der Waals surface area (Å²) < 4.78 is 27.7. The smallest absolute Gasteiger partial charge is 0.261 e. The highest BCUT2D eigenvalue weighted by Crippen LogP contribution is 2.25. The van der Waals surface area contributed by atoms with Gasteiger partial charge in [0.25, 0.3) is 10.0 Å². The van der Waals surface area contributed by atoms with E-state index in [1.165, 1.54) is 0 Å². The number of anilines is 2. The van der Waals surface area contributed by atoms with E-state index in [9.17, 15) is 13.2 Å². The van der Waals surface area contributed by atoms with E-state index >= 15 is 0 Å². The molecule has 1 aliphatic heterocycles. The van der Waals surface area contributed by atoms with Gasteiger partial charge in [0.2, 0.25) is 5.91 Å². The zero-order valence-electron chi connectivity index (χ0n) is 15.1. The van der Waals surface area contributed by atoms with Crippen molar-refractivity contribution >= 4 is 27.3 Å². The van der Waals surface area contributed by atoms with Crippen molar-refractivity contribution in [2.45, 2.75) is 43.9 Å². The Bertz CT molecular complexity index is 874. The summed E-state index contributed by atoms with van der Waals surface area (Å²) in [5.74, 6) is 0.514. The molecule has 1 atom stereocenters. The standard InChI is InChI=1S/C20H24N2O3S/c1-3-15(2)16-6-12-19(13-7-16)26(24,25)21-17-8-10-18(11-9-17)22-14-4-5-20(22)23/h6-13,15,21H,3-5,14H2,1-2H3. The van der Waals surface area contributed by atoms with E-state index in [1.54, 1.807) is 41.3 Å². The Kier molecular flexibility index (Phi) is 5.32. The molecule has 3 rings (SSSR count). The van der Waals surface area contributed by atoms with Crippen molar-refractivity contribution in [1.29, 1.82) is 0 Å². The van der Waals surface area contributed by atoms with Crippen LogP contribution in [0, 0.1) is 0 Å². The predicted molar refractivity (Wildman–Crippen MR) is 104 cm³/mol. The molecular weight excluding hydrogens is 348 g/mol. The van der Waals surface area contributed by atoms with Crippen molar-refractivity contribution in [2.75, 3.05) is 16.2 Å². The number of amides is 1. The van der Waals surface area contributed by atoms with Crippen molar-refractivity contribution < 1.29 is 13.2 Å². The number of nitrogens with one attached hydrogen (secondary N) is 1. The monoisotopic (exact) mass is 372 g/mol. The molecule has 6 heteroatoms. The van der Waals surface area contributed by atoms with Gasteiger partial charge in [0.1, 0.15) is 0 Å². The Balaban J connectivity index is 1.73. The Morgan fingerprint density at radius 2 is 1.73 bits per heavy atom. The van der Waals surface area contributed by atoms with Gasteiger partial charge in [-0.25, -0.2) is 8.42 Å². The molecule has 2 aromatic carbocycles. The number of rotatable bonds is 6. The molecule has 1 aliphatic rings. The Hall–Kier alpha value is -2.34. The van der Waals surface area contributed by atoms with Gasteiger partial charge in [0.05, 0.1) is 4.90 Å². The molecule has 26 heavy (non-hydrogen) atoms. The molecule has 138 valence electrons. The van der Waals surface area contributed by atoms with Gasteiger partial charge < -0.3 is 4.90 Å². The quantitative estimate of drug-likeness (QED) is 0.829. The van der Waals surface area contributed by atoms with Crippen molar-refractivity contribution in [3.63, 3.8) is 0 Å². The lowest BCUT2D eigenvalue weighted by Crippen LogP contribution is -2.23. The lowest BCUT2D eigenvalue weighted by molar-refractivity contribution is -0.117. The zero-order valence-corrected chi connectivity index (χ0v) is 15.9. The fourth-order valence-corrected chi connectivity index (χ4v) is 4.11. The summed E-state index contributed by atoms with van der Waals surface area (Å²) in [6.07, 6.45) is 2.44. The number of nitrogens with zero attached hydrogens (tertiary/aromatic N) is 1. The van der Waals surface area contributed by atoms with E-state index < -0.39 is 10.0 Å². The van der Waals surface area contributed by atoms with Crippen LogP contribution in [0.25, 0.3) is 0 Å². The van der Waals surface area contributed by atoms with Crippen molar-refractivity contribution in [3.05, 3.63) is 54.1 Å². The average molecular weight is 372 g/mol. The maximum absolute atomic E-state index is 12.6.